The first-order chi connectivity index (χ1) is 10.2. The van der Waals surface area contributed by atoms with E-state index in [0.29, 0.717) is 5.56 Å². The van der Waals surface area contributed by atoms with Gasteiger partial charge in [0.15, 0.2) is 0 Å². The van der Waals surface area contributed by atoms with Crippen molar-refractivity contribution in [2.24, 2.45) is 0 Å². The van der Waals surface area contributed by atoms with Gasteiger partial charge in [-0.2, -0.15) is 0 Å². The van der Waals surface area contributed by atoms with E-state index >= 15 is 0 Å². The number of rotatable bonds is 5. The van der Waals surface area contributed by atoms with E-state index < -0.39 is 0 Å². The fourth-order valence-electron chi connectivity index (χ4n) is 2.16. The zero-order valence-electron chi connectivity index (χ0n) is 12.2. The largest absolute Gasteiger partial charge is 0.457 e. The Kier molecular flexibility index (Phi) is 5.49. The molecule has 0 aliphatic heterocycles. The van der Waals surface area contributed by atoms with Crippen molar-refractivity contribution in [1.82, 2.24) is 10.3 Å². The molecule has 0 saturated heterocycles. The highest BCUT2D eigenvalue weighted by atomic mass is 16.5. The SMILES string of the molecule is CC(CNC(=O)c1cccnc1)OC(=O)C1=CCCCC1. The highest BCUT2D eigenvalue weighted by Crippen LogP contribution is 2.18. The monoisotopic (exact) mass is 288 g/mol. The van der Waals surface area contributed by atoms with Gasteiger partial charge in [0.1, 0.15) is 6.10 Å². The second kappa shape index (κ2) is 7.57. The van der Waals surface area contributed by atoms with Crippen LogP contribution in [0.1, 0.15) is 43.0 Å². The van der Waals surface area contributed by atoms with Crippen molar-refractivity contribution in [1.29, 1.82) is 0 Å². The minimum absolute atomic E-state index is 0.220. The summed E-state index contributed by atoms with van der Waals surface area (Å²) >= 11 is 0. The normalized spacial score (nSPS) is 15.8. The van der Waals surface area contributed by atoms with Crippen LogP contribution in [0.15, 0.2) is 36.2 Å². The molecule has 5 nitrogen and oxygen atoms in total. The lowest BCUT2D eigenvalue weighted by Gasteiger charge is -2.17. The van der Waals surface area contributed by atoms with Crippen LogP contribution in [0, 0.1) is 0 Å². The summed E-state index contributed by atoms with van der Waals surface area (Å²) in [5.74, 6) is -0.485. The molecule has 1 amide bonds. The topological polar surface area (TPSA) is 68.3 Å². The molecule has 1 aliphatic rings. The van der Waals surface area contributed by atoms with Crippen molar-refractivity contribution in [3.63, 3.8) is 0 Å². The highest BCUT2D eigenvalue weighted by Gasteiger charge is 2.17. The number of esters is 1. The van der Waals surface area contributed by atoms with E-state index in [2.05, 4.69) is 10.3 Å². The van der Waals surface area contributed by atoms with E-state index in [1.165, 1.54) is 6.20 Å². The van der Waals surface area contributed by atoms with Crippen LogP contribution in [-0.2, 0) is 9.53 Å². The van der Waals surface area contributed by atoms with Gasteiger partial charge in [-0.3, -0.25) is 9.78 Å². The molecule has 5 heteroatoms. The number of nitrogens with one attached hydrogen (secondary N) is 1. The van der Waals surface area contributed by atoms with Gasteiger partial charge in [-0.05, 0) is 44.7 Å². The maximum atomic E-state index is 11.9. The maximum Gasteiger partial charge on any atom is 0.333 e. The molecule has 1 atom stereocenters. The lowest BCUT2D eigenvalue weighted by molar-refractivity contribution is -0.143. The van der Waals surface area contributed by atoms with E-state index in [1.54, 1.807) is 25.3 Å². The van der Waals surface area contributed by atoms with Crippen LogP contribution < -0.4 is 5.32 Å². The van der Waals surface area contributed by atoms with E-state index in [0.717, 1.165) is 31.3 Å². The fourth-order valence-corrected chi connectivity index (χ4v) is 2.16. The third-order valence-corrected chi connectivity index (χ3v) is 3.34. The third-order valence-electron chi connectivity index (χ3n) is 3.34. The average Bonchev–Trinajstić information content (AvgIpc) is 2.54. The standard InChI is InChI=1S/C16H20N2O3/c1-12(21-16(20)13-6-3-2-4-7-13)10-18-15(19)14-8-5-9-17-11-14/h5-6,8-9,11-12H,2-4,7,10H2,1H3,(H,18,19). The van der Waals surface area contributed by atoms with Gasteiger partial charge < -0.3 is 10.1 Å². The third kappa shape index (κ3) is 4.70. The Labute approximate surface area is 124 Å². The van der Waals surface area contributed by atoms with Gasteiger partial charge in [0.05, 0.1) is 12.1 Å². The van der Waals surface area contributed by atoms with Crippen LogP contribution in [0.5, 0.6) is 0 Å². The molecule has 21 heavy (non-hydrogen) atoms. The molecule has 1 aromatic heterocycles. The first-order valence-corrected chi connectivity index (χ1v) is 7.25. The zero-order valence-corrected chi connectivity index (χ0v) is 12.2. The summed E-state index contributed by atoms with van der Waals surface area (Å²) in [5.41, 5.74) is 1.25. The molecule has 1 unspecified atom stereocenters. The van der Waals surface area contributed by atoms with Crippen molar-refractivity contribution in [3.8, 4) is 0 Å². The fraction of sp³-hybridized carbons (Fsp3) is 0.438. The van der Waals surface area contributed by atoms with Gasteiger partial charge in [-0.1, -0.05) is 6.08 Å². The smallest absolute Gasteiger partial charge is 0.333 e. The number of carbonyl (C=O) groups is 2. The van der Waals surface area contributed by atoms with E-state index in [9.17, 15) is 9.59 Å². The van der Waals surface area contributed by atoms with E-state index in [1.807, 2.05) is 6.08 Å². The number of amides is 1. The maximum absolute atomic E-state index is 11.9. The first kappa shape index (κ1) is 15.2. The van der Waals surface area contributed by atoms with Crippen LogP contribution in [0.4, 0.5) is 0 Å². The summed E-state index contributed by atoms with van der Waals surface area (Å²) in [5, 5.41) is 2.73. The molecule has 2 rings (SSSR count). The summed E-state index contributed by atoms with van der Waals surface area (Å²) in [6.45, 7) is 2.05. The van der Waals surface area contributed by atoms with Gasteiger partial charge >= 0.3 is 5.97 Å². The van der Waals surface area contributed by atoms with Gasteiger partial charge in [0.2, 0.25) is 0 Å². The number of ether oxygens (including phenoxy) is 1. The Bertz CT molecular complexity index is 526. The van der Waals surface area contributed by atoms with Crippen LogP contribution in [0.25, 0.3) is 0 Å². The molecule has 0 spiro atoms. The Morgan fingerprint density at radius 2 is 2.29 bits per heavy atom. The van der Waals surface area contributed by atoms with E-state index in [4.69, 9.17) is 4.74 Å². The minimum atomic E-state index is -0.360. The lowest BCUT2D eigenvalue weighted by atomic mass is 10.00. The predicted molar refractivity (Wildman–Crippen MR) is 78.7 cm³/mol. The molecule has 0 saturated carbocycles. The van der Waals surface area contributed by atoms with Crippen LogP contribution >= 0.6 is 0 Å². The summed E-state index contributed by atoms with van der Waals surface area (Å²) < 4.78 is 5.34. The summed E-state index contributed by atoms with van der Waals surface area (Å²) in [6.07, 6.45) is 8.59. The molecular weight excluding hydrogens is 268 g/mol. The Morgan fingerprint density at radius 3 is 2.95 bits per heavy atom. The van der Waals surface area contributed by atoms with Crippen LogP contribution in [0.2, 0.25) is 0 Å². The minimum Gasteiger partial charge on any atom is -0.457 e. The van der Waals surface area contributed by atoms with Crippen molar-refractivity contribution < 1.29 is 14.3 Å². The van der Waals surface area contributed by atoms with E-state index in [-0.39, 0.29) is 24.5 Å². The number of hydrogen-bond donors (Lipinski definition) is 1. The second-order valence-corrected chi connectivity index (χ2v) is 5.14. The Balaban J connectivity index is 1.77. The number of nitrogens with zero attached hydrogens (tertiary/aromatic N) is 1. The number of hydrogen-bond acceptors (Lipinski definition) is 4. The molecule has 0 radical (unpaired) electrons. The molecule has 0 fully saturated rings. The Morgan fingerprint density at radius 1 is 1.43 bits per heavy atom. The molecule has 1 heterocycles. The van der Waals surface area contributed by atoms with Crippen LogP contribution in [-0.4, -0.2) is 29.5 Å². The molecule has 0 bridgehead atoms. The predicted octanol–water partition coefficient (Wildman–Crippen LogP) is 2.24. The molecule has 0 aromatic carbocycles. The molecular formula is C16H20N2O3. The van der Waals surface area contributed by atoms with Crippen LogP contribution in [0.3, 0.4) is 0 Å². The lowest BCUT2D eigenvalue weighted by Crippen LogP contribution is -2.33. The van der Waals surface area contributed by atoms with Gasteiger partial charge in [-0.25, -0.2) is 4.79 Å². The molecule has 1 aromatic rings. The number of aromatic nitrogens is 1. The number of pyridine rings is 1. The summed E-state index contributed by atoms with van der Waals surface area (Å²) in [7, 11) is 0. The second-order valence-electron chi connectivity index (χ2n) is 5.14. The van der Waals surface area contributed by atoms with Crippen molar-refractivity contribution in [2.45, 2.75) is 38.7 Å². The van der Waals surface area contributed by atoms with Gasteiger partial charge in [0.25, 0.3) is 5.91 Å². The van der Waals surface area contributed by atoms with Crippen molar-refractivity contribution in [2.75, 3.05) is 6.54 Å². The van der Waals surface area contributed by atoms with Gasteiger partial charge in [-0.15, -0.1) is 0 Å². The van der Waals surface area contributed by atoms with Gasteiger partial charge in [0, 0.05) is 18.0 Å². The first-order valence-electron chi connectivity index (χ1n) is 7.25. The van der Waals surface area contributed by atoms with Crippen molar-refractivity contribution in [3.05, 3.63) is 41.7 Å². The number of allylic oxidation sites excluding steroid dienone is 1. The zero-order chi connectivity index (χ0) is 15.1. The summed E-state index contributed by atoms with van der Waals surface area (Å²) in [4.78, 5) is 27.6. The summed E-state index contributed by atoms with van der Waals surface area (Å²) in [6, 6.07) is 3.39. The molecule has 112 valence electrons. The Hall–Kier alpha value is -2.17. The average molecular weight is 288 g/mol. The molecule has 1 N–H and O–H groups in total. The molecule has 1 aliphatic carbocycles. The number of carbonyl (C=O) groups excluding carboxylic acids is 2. The highest BCUT2D eigenvalue weighted by molar-refractivity contribution is 5.93. The quantitative estimate of drug-likeness (QED) is 0.844. The van der Waals surface area contributed by atoms with Crippen molar-refractivity contribution >= 4 is 11.9 Å².